The van der Waals surface area contributed by atoms with Crippen LogP contribution in [0.25, 0.3) is 0 Å². The van der Waals surface area contributed by atoms with E-state index in [1.54, 1.807) is 0 Å². The maximum absolute atomic E-state index is 13.8. The Labute approximate surface area is 153 Å². The van der Waals surface area contributed by atoms with Crippen molar-refractivity contribution in [3.05, 3.63) is 29.8 Å². The molecule has 2 fully saturated rings. The fourth-order valence-electron chi connectivity index (χ4n) is 3.49. The van der Waals surface area contributed by atoms with Crippen LogP contribution in [0.5, 0.6) is 0 Å². The van der Waals surface area contributed by atoms with Crippen molar-refractivity contribution in [3.63, 3.8) is 0 Å². The van der Waals surface area contributed by atoms with Gasteiger partial charge in [0.25, 0.3) is 0 Å². The van der Waals surface area contributed by atoms with E-state index in [2.05, 4.69) is 17.1 Å². The Kier molecular flexibility index (Phi) is 6.43. The van der Waals surface area contributed by atoms with E-state index in [-0.39, 0.29) is 17.8 Å². The van der Waals surface area contributed by atoms with Crippen LogP contribution in [-0.4, -0.2) is 63.4 Å². The first-order valence-corrected chi connectivity index (χ1v) is 9.62. The van der Waals surface area contributed by atoms with E-state index in [0.29, 0.717) is 32.2 Å². The SMILES string of the molecule is CC1(CN2CCN(S(=O)(=O)c3ccc(F)cc3F)CC2)CCNC1.Cl. The van der Waals surface area contributed by atoms with Crippen LogP contribution in [0.2, 0.25) is 0 Å². The average Bonchev–Trinajstić information content (AvgIpc) is 2.93. The molecular weight excluding hydrogens is 372 g/mol. The molecule has 3 rings (SSSR count). The molecule has 1 N–H and O–H groups in total. The largest absolute Gasteiger partial charge is 0.316 e. The predicted molar refractivity (Wildman–Crippen MR) is 94.4 cm³/mol. The number of halogens is 3. The number of sulfonamides is 1. The first kappa shape index (κ1) is 20.5. The minimum atomic E-state index is -3.92. The molecule has 2 heterocycles. The highest BCUT2D eigenvalue weighted by Crippen LogP contribution is 2.27. The first-order chi connectivity index (χ1) is 11.3. The van der Waals surface area contributed by atoms with Gasteiger partial charge in [0.1, 0.15) is 16.5 Å². The van der Waals surface area contributed by atoms with Gasteiger partial charge in [-0.3, -0.25) is 0 Å². The molecule has 1 unspecified atom stereocenters. The number of rotatable bonds is 4. The molecule has 1 atom stereocenters. The third kappa shape index (κ3) is 4.49. The van der Waals surface area contributed by atoms with Crippen LogP contribution >= 0.6 is 12.4 Å². The maximum atomic E-state index is 13.8. The summed E-state index contributed by atoms with van der Waals surface area (Å²) in [4.78, 5) is 1.81. The van der Waals surface area contributed by atoms with Crippen molar-refractivity contribution >= 4 is 22.4 Å². The third-order valence-corrected chi connectivity index (χ3v) is 6.84. The number of piperazine rings is 1. The standard InChI is InChI=1S/C16H23F2N3O2S.ClH/c1-16(4-5-19-11-16)12-20-6-8-21(9-7-20)24(22,23)15-3-2-13(17)10-14(15)18;/h2-3,10,19H,4-9,11-12H2,1H3;1H. The van der Waals surface area contributed by atoms with Crippen LogP contribution in [0, 0.1) is 17.0 Å². The van der Waals surface area contributed by atoms with Gasteiger partial charge < -0.3 is 10.2 Å². The van der Waals surface area contributed by atoms with Gasteiger partial charge in [0.2, 0.25) is 10.0 Å². The third-order valence-electron chi connectivity index (χ3n) is 4.91. The van der Waals surface area contributed by atoms with Crippen molar-refractivity contribution in [2.75, 3.05) is 45.8 Å². The van der Waals surface area contributed by atoms with Gasteiger partial charge in [0, 0.05) is 45.3 Å². The number of benzene rings is 1. The lowest BCUT2D eigenvalue weighted by molar-refractivity contribution is 0.132. The van der Waals surface area contributed by atoms with Crippen molar-refractivity contribution in [3.8, 4) is 0 Å². The second kappa shape index (κ2) is 7.84. The molecule has 1 aromatic carbocycles. The zero-order valence-electron chi connectivity index (χ0n) is 14.2. The van der Waals surface area contributed by atoms with Crippen LogP contribution in [0.1, 0.15) is 13.3 Å². The van der Waals surface area contributed by atoms with Crippen molar-refractivity contribution in [1.82, 2.24) is 14.5 Å². The van der Waals surface area contributed by atoms with E-state index in [1.807, 2.05) is 0 Å². The number of hydrogen-bond donors (Lipinski definition) is 1. The quantitative estimate of drug-likeness (QED) is 0.843. The summed E-state index contributed by atoms with van der Waals surface area (Å²) in [5, 5.41) is 3.36. The van der Waals surface area contributed by atoms with E-state index in [9.17, 15) is 17.2 Å². The second-order valence-electron chi connectivity index (χ2n) is 6.99. The van der Waals surface area contributed by atoms with Gasteiger partial charge in [-0.15, -0.1) is 12.4 Å². The number of nitrogens with one attached hydrogen (secondary N) is 1. The molecule has 9 heteroatoms. The average molecular weight is 396 g/mol. The molecule has 2 aliphatic rings. The van der Waals surface area contributed by atoms with E-state index in [1.165, 1.54) is 4.31 Å². The van der Waals surface area contributed by atoms with E-state index in [0.717, 1.165) is 38.2 Å². The van der Waals surface area contributed by atoms with Crippen LogP contribution in [-0.2, 0) is 10.0 Å². The van der Waals surface area contributed by atoms with Gasteiger partial charge in [-0.05, 0) is 30.5 Å². The molecule has 142 valence electrons. The minimum Gasteiger partial charge on any atom is -0.316 e. The predicted octanol–water partition coefficient (Wildman–Crippen LogP) is 1.69. The van der Waals surface area contributed by atoms with E-state index in [4.69, 9.17) is 0 Å². The van der Waals surface area contributed by atoms with Gasteiger partial charge in [-0.1, -0.05) is 6.92 Å². The summed E-state index contributed by atoms with van der Waals surface area (Å²) in [6.07, 6.45) is 1.12. The highest BCUT2D eigenvalue weighted by atomic mass is 35.5. The van der Waals surface area contributed by atoms with Gasteiger partial charge in [-0.2, -0.15) is 4.31 Å². The molecule has 0 amide bonds. The summed E-state index contributed by atoms with van der Waals surface area (Å²) in [5.74, 6) is -1.82. The first-order valence-electron chi connectivity index (χ1n) is 8.18. The molecule has 0 aliphatic carbocycles. The molecule has 0 aromatic heterocycles. The number of nitrogens with zero attached hydrogens (tertiary/aromatic N) is 2. The topological polar surface area (TPSA) is 52.7 Å². The Morgan fingerprint density at radius 3 is 2.44 bits per heavy atom. The zero-order chi connectivity index (χ0) is 17.4. The van der Waals surface area contributed by atoms with Crippen molar-refractivity contribution in [1.29, 1.82) is 0 Å². The van der Waals surface area contributed by atoms with Gasteiger partial charge in [0.15, 0.2) is 0 Å². The molecule has 1 aromatic rings. The van der Waals surface area contributed by atoms with Gasteiger partial charge >= 0.3 is 0 Å². The van der Waals surface area contributed by atoms with Crippen LogP contribution < -0.4 is 5.32 Å². The van der Waals surface area contributed by atoms with Crippen LogP contribution in [0.4, 0.5) is 8.78 Å². The Hall–Kier alpha value is -0.800. The minimum absolute atomic E-state index is 0. The van der Waals surface area contributed by atoms with E-state index < -0.39 is 26.6 Å². The van der Waals surface area contributed by atoms with Gasteiger partial charge in [0.05, 0.1) is 0 Å². The lowest BCUT2D eigenvalue weighted by Crippen LogP contribution is -2.51. The van der Waals surface area contributed by atoms with Crippen molar-refractivity contribution in [2.45, 2.75) is 18.2 Å². The fraction of sp³-hybridized carbons (Fsp3) is 0.625. The summed E-state index contributed by atoms with van der Waals surface area (Å²) in [6.45, 7) is 7.06. The van der Waals surface area contributed by atoms with Crippen LogP contribution in [0.3, 0.4) is 0 Å². The molecule has 0 radical (unpaired) electrons. The molecular formula is C16H24ClF2N3O2S. The monoisotopic (exact) mass is 395 g/mol. The normalized spacial score (nSPS) is 25.7. The number of hydrogen-bond acceptors (Lipinski definition) is 4. The molecule has 0 bridgehead atoms. The Bertz CT molecular complexity index is 703. The summed E-state index contributed by atoms with van der Waals surface area (Å²) in [7, 11) is -3.92. The second-order valence-corrected chi connectivity index (χ2v) is 8.90. The molecule has 25 heavy (non-hydrogen) atoms. The smallest absolute Gasteiger partial charge is 0.246 e. The summed E-state index contributed by atoms with van der Waals surface area (Å²) >= 11 is 0. The Morgan fingerprint density at radius 2 is 1.88 bits per heavy atom. The molecule has 0 spiro atoms. The summed E-state index contributed by atoms with van der Waals surface area (Å²) in [5.41, 5.74) is 0.226. The lowest BCUT2D eigenvalue weighted by atomic mass is 9.89. The molecule has 5 nitrogen and oxygen atoms in total. The Morgan fingerprint density at radius 1 is 1.20 bits per heavy atom. The zero-order valence-corrected chi connectivity index (χ0v) is 15.8. The summed E-state index contributed by atoms with van der Waals surface area (Å²) in [6, 6.07) is 2.58. The maximum Gasteiger partial charge on any atom is 0.246 e. The van der Waals surface area contributed by atoms with E-state index >= 15 is 0 Å². The summed E-state index contributed by atoms with van der Waals surface area (Å²) < 4.78 is 53.3. The highest BCUT2D eigenvalue weighted by molar-refractivity contribution is 7.89. The Balaban J connectivity index is 0.00000225. The van der Waals surface area contributed by atoms with Crippen molar-refractivity contribution in [2.24, 2.45) is 5.41 Å². The molecule has 2 aliphatic heterocycles. The molecule has 0 saturated carbocycles. The van der Waals surface area contributed by atoms with Gasteiger partial charge in [-0.25, -0.2) is 17.2 Å². The fourth-order valence-corrected chi connectivity index (χ4v) is 4.96. The highest BCUT2D eigenvalue weighted by Gasteiger charge is 2.35. The molecule has 2 saturated heterocycles. The lowest BCUT2D eigenvalue weighted by Gasteiger charge is -2.38. The van der Waals surface area contributed by atoms with Crippen LogP contribution in [0.15, 0.2) is 23.1 Å². The van der Waals surface area contributed by atoms with Crippen molar-refractivity contribution < 1.29 is 17.2 Å².